The van der Waals surface area contributed by atoms with Crippen molar-refractivity contribution in [3.63, 3.8) is 0 Å². The van der Waals surface area contributed by atoms with E-state index in [-0.39, 0.29) is 11.9 Å². The van der Waals surface area contributed by atoms with E-state index >= 15 is 0 Å². The highest BCUT2D eigenvalue weighted by Crippen LogP contribution is 2.16. The molecule has 2 atom stereocenters. The second kappa shape index (κ2) is 6.97. The van der Waals surface area contributed by atoms with Crippen LogP contribution in [-0.2, 0) is 9.53 Å². The van der Waals surface area contributed by atoms with Crippen molar-refractivity contribution in [3.05, 3.63) is 0 Å². The van der Waals surface area contributed by atoms with Crippen LogP contribution >= 0.6 is 0 Å². The molecule has 100 valence electrons. The first-order valence-corrected chi connectivity index (χ1v) is 6.66. The highest BCUT2D eigenvalue weighted by molar-refractivity contribution is 5.72. The fourth-order valence-corrected chi connectivity index (χ4v) is 2.68. The van der Waals surface area contributed by atoms with Crippen molar-refractivity contribution in [1.82, 2.24) is 9.80 Å². The smallest absolute Gasteiger partial charge is 0.309 e. The topological polar surface area (TPSA) is 32.8 Å². The molecule has 0 bridgehead atoms. The molecule has 2 unspecified atom stereocenters. The zero-order chi connectivity index (χ0) is 12.8. The van der Waals surface area contributed by atoms with Gasteiger partial charge in [0.1, 0.15) is 0 Å². The second-order valence-electron chi connectivity index (χ2n) is 4.85. The Morgan fingerprint density at radius 3 is 2.65 bits per heavy atom. The summed E-state index contributed by atoms with van der Waals surface area (Å²) in [6.45, 7) is 11.6. The first-order valence-electron chi connectivity index (χ1n) is 6.66. The first-order chi connectivity index (χ1) is 8.12. The summed E-state index contributed by atoms with van der Waals surface area (Å²) in [5.41, 5.74) is 0. The number of likely N-dealkylation sites (tertiary alicyclic amines) is 1. The van der Waals surface area contributed by atoms with Gasteiger partial charge >= 0.3 is 5.97 Å². The molecule has 0 aromatic heterocycles. The van der Waals surface area contributed by atoms with E-state index in [1.807, 2.05) is 6.92 Å². The molecule has 4 nitrogen and oxygen atoms in total. The molecule has 0 saturated carbocycles. The molecule has 0 amide bonds. The number of carbonyl (C=O) groups is 1. The molecule has 0 aliphatic carbocycles. The Bertz CT molecular complexity index is 242. The molecule has 1 rings (SSSR count). The number of nitrogens with zero attached hydrogens (tertiary/aromatic N) is 2. The maximum atomic E-state index is 11.4. The molecule has 1 aliphatic rings. The van der Waals surface area contributed by atoms with E-state index in [1.54, 1.807) is 0 Å². The summed E-state index contributed by atoms with van der Waals surface area (Å²) >= 11 is 0. The van der Waals surface area contributed by atoms with Gasteiger partial charge in [-0.25, -0.2) is 0 Å². The lowest BCUT2D eigenvalue weighted by molar-refractivity contribution is -0.145. The monoisotopic (exact) mass is 242 g/mol. The third kappa shape index (κ3) is 3.96. The predicted molar refractivity (Wildman–Crippen MR) is 68.9 cm³/mol. The van der Waals surface area contributed by atoms with Crippen LogP contribution in [0.25, 0.3) is 0 Å². The average Bonchev–Trinajstić information content (AvgIpc) is 2.78. The largest absolute Gasteiger partial charge is 0.469 e. The number of hydrogen-bond acceptors (Lipinski definition) is 4. The molecule has 0 aromatic rings. The molecule has 1 aliphatic heterocycles. The SMILES string of the molecule is CCN(CC)C1CCN(CC(C)C(=O)OC)C1. The Labute approximate surface area is 105 Å². The summed E-state index contributed by atoms with van der Waals surface area (Å²) in [7, 11) is 1.46. The van der Waals surface area contributed by atoms with Crippen LogP contribution in [-0.4, -0.2) is 61.6 Å². The van der Waals surface area contributed by atoms with Crippen molar-refractivity contribution in [3.8, 4) is 0 Å². The predicted octanol–water partition coefficient (Wildman–Crippen LogP) is 1.21. The molecule has 0 aromatic carbocycles. The van der Waals surface area contributed by atoms with Gasteiger partial charge in [-0.15, -0.1) is 0 Å². The van der Waals surface area contributed by atoms with Crippen LogP contribution in [0, 0.1) is 5.92 Å². The van der Waals surface area contributed by atoms with Crippen LogP contribution in [0.4, 0.5) is 0 Å². The number of hydrogen-bond donors (Lipinski definition) is 0. The minimum Gasteiger partial charge on any atom is -0.469 e. The highest BCUT2D eigenvalue weighted by Gasteiger charge is 2.28. The van der Waals surface area contributed by atoms with Crippen LogP contribution in [0.15, 0.2) is 0 Å². The van der Waals surface area contributed by atoms with Crippen molar-refractivity contribution < 1.29 is 9.53 Å². The van der Waals surface area contributed by atoms with E-state index in [0.29, 0.717) is 6.04 Å². The lowest BCUT2D eigenvalue weighted by atomic mass is 10.2. The quantitative estimate of drug-likeness (QED) is 0.656. The summed E-state index contributed by atoms with van der Waals surface area (Å²) in [4.78, 5) is 16.3. The van der Waals surface area contributed by atoms with Gasteiger partial charge in [0, 0.05) is 19.1 Å². The van der Waals surface area contributed by atoms with Gasteiger partial charge in [-0.3, -0.25) is 9.69 Å². The summed E-state index contributed by atoms with van der Waals surface area (Å²) in [5.74, 6) is -0.119. The zero-order valence-electron chi connectivity index (χ0n) is 11.6. The third-order valence-electron chi connectivity index (χ3n) is 3.71. The molecule has 4 heteroatoms. The van der Waals surface area contributed by atoms with Crippen LogP contribution in [0.5, 0.6) is 0 Å². The Morgan fingerprint density at radius 2 is 2.12 bits per heavy atom. The maximum Gasteiger partial charge on any atom is 0.309 e. The second-order valence-corrected chi connectivity index (χ2v) is 4.85. The molecule has 1 fully saturated rings. The van der Waals surface area contributed by atoms with E-state index in [4.69, 9.17) is 4.74 Å². The first kappa shape index (κ1) is 14.5. The molecular weight excluding hydrogens is 216 g/mol. The summed E-state index contributed by atoms with van der Waals surface area (Å²) in [6.07, 6.45) is 1.22. The van der Waals surface area contributed by atoms with E-state index in [0.717, 1.165) is 32.7 Å². The minimum absolute atomic E-state index is 0.0181. The summed E-state index contributed by atoms with van der Waals surface area (Å²) in [5, 5.41) is 0. The van der Waals surface area contributed by atoms with Gasteiger partial charge < -0.3 is 9.64 Å². The number of esters is 1. The van der Waals surface area contributed by atoms with Gasteiger partial charge in [0.2, 0.25) is 0 Å². The molecule has 17 heavy (non-hydrogen) atoms. The van der Waals surface area contributed by atoms with Crippen LogP contribution < -0.4 is 0 Å². The summed E-state index contributed by atoms with van der Waals surface area (Å²) in [6, 6.07) is 0.662. The molecule has 0 spiro atoms. The van der Waals surface area contributed by atoms with Gasteiger partial charge in [-0.2, -0.15) is 0 Å². The van der Waals surface area contributed by atoms with E-state index < -0.39 is 0 Å². The zero-order valence-corrected chi connectivity index (χ0v) is 11.6. The van der Waals surface area contributed by atoms with Gasteiger partial charge in [0.15, 0.2) is 0 Å². The van der Waals surface area contributed by atoms with Crippen molar-refractivity contribution >= 4 is 5.97 Å². The van der Waals surface area contributed by atoms with Gasteiger partial charge in [0.25, 0.3) is 0 Å². The third-order valence-corrected chi connectivity index (χ3v) is 3.71. The Balaban J connectivity index is 2.37. The molecule has 0 radical (unpaired) electrons. The number of carbonyl (C=O) groups excluding carboxylic acids is 1. The van der Waals surface area contributed by atoms with Crippen LogP contribution in [0.3, 0.4) is 0 Å². The minimum atomic E-state index is -0.101. The Morgan fingerprint density at radius 1 is 1.47 bits per heavy atom. The number of ether oxygens (including phenoxy) is 1. The molecule has 1 heterocycles. The van der Waals surface area contributed by atoms with Crippen molar-refractivity contribution in [2.24, 2.45) is 5.92 Å². The number of likely N-dealkylation sites (N-methyl/N-ethyl adjacent to an activating group) is 1. The molecule has 0 N–H and O–H groups in total. The van der Waals surface area contributed by atoms with E-state index in [2.05, 4.69) is 23.6 Å². The standard InChI is InChI=1S/C13H26N2O2/c1-5-15(6-2)12-7-8-14(10-12)9-11(3)13(16)17-4/h11-12H,5-10H2,1-4H3. The number of methoxy groups -OCH3 is 1. The van der Waals surface area contributed by atoms with Crippen molar-refractivity contribution in [2.75, 3.05) is 39.8 Å². The van der Waals surface area contributed by atoms with Gasteiger partial charge in [-0.05, 0) is 26.1 Å². The number of rotatable bonds is 6. The lowest BCUT2D eigenvalue weighted by Crippen LogP contribution is -2.38. The molecule has 1 saturated heterocycles. The lowest BCUT2D eigenvalue weighted by Gasteiger charge is -2.26. The van der Waals surface area contributed by atoms with Gasteiger partial charge in [-0.1, -0.05) is 20.8 Å². The summed E-state index contributed by atoms with van der Waals surface area (Å²) < 4.78 is 4.76. The average molecular weight is 242 g/mol. The Kier molecular flexibility index (Phi) is 5.92. The maximum absolute atomic E-state index is 11.4. The van der Waals surface area contributed by atoms with E-state index in [9.17, 15) is 4.79 Å². The molecular formula is C13H26N2O2. The van der Waals surface area contributed by atoms with E-state index in [1.165, 1.54) is 13.5 Å². The fraction of sp³-hybridized carbons (Fsp3) is 0.923. The Hall–Kier alpha value is -0.610. The van der Waals surface area contributed by atoms with Crippen LogP contribution in [0.1, 0.15) is 27.2 Å². The normalized spacial score (nSPS) is 23.0. The fourth-order valence-electron chi connectivity index (χ4n) is 2.68. The van der Waals surface area contributed by atoms with Gasteiger partial charge in [0.05, 0.1) is 13.0 Å². The highest BCUT2D eigenvalue weighted by atomic mass is 16.5. The van der Waals surface area contributed by atoms with Crippen LogP contribution in [0.2, 0.25) is 0 Å². The van der Waals surface area contributed by atoms with Crippen molar-refractivity contribution in [2.45, 2.75) is 33.2 Å². The van der Waals surface area contributed by atoms with Crippen molar-refractivity contribution in [1.29, 1.82) is 0 Å².